The van der Waals surface area contributed by atoms with E-state index in [2.05, 4.69) is 10.2 Å². The number of phenols is 1. The number of piperidine rings is 1. The third kappa shape index (κ3) is 6.40. The van der Waals surface area contributed by atoms with E-state index in [4.69, 9.17) is 31.5 Å². The molecule has 2 aromatic rings. The fourth-order valence-electron chi connectivity index (χ4n) is 3.80. The van der Waals surface area contributed by atoms with Crippen LogP contribution in [0.5, 0.6) is 17.2 Å². The van der Waals surface area contributed by atoms with Gasteiger partial charge in [-0.25, -0.2) is 4.39 Å². The first-order chi connectivity index (χ1) is 15.8. The molecule has 8 nitrogen and oxygen atoms in total. The van der Waals surface area contributed by atoms with Gasteiger partial charge in [0.05, 0.1) is 42.1 Å². The first-order valence-corrected chi connectivity index (χ1v) is 11.0. The average molecular weight is 482 g/mol. The van der Waals surface area contributed by atoms with E-state index in [9.17, 15) is 14.3 Å². The molecular weight excluding hydrogens is 453 g/mol. The van der Waals surface area contributed by atoms with Gasteiger partial charge in [-0.2, -0.15) is 0 Å². The van der Waals surface area contributed by atoms with Crippen molar-refractivity contribution in [1.29, 1.82) is 0 Å². The van der Waals surface area contributed by atoms with Gasteiger partial charge in [-0.15, -0.1) is 0 Å². The predicted octanol–water partition coefficient (Wildman–Crippen LogP) is 3.06. The molecule has 0 saturated carbocycles. The van der Waals surface area contributed by atoms with Gasteiger partial charge in [-0.3, -0.25) is 4.79 Å². The molecule has 180 valence electrons. The molecule has 0 aliphatic carbocycles. The van der Waals surface area contributed by atoms with Gasteiger partial charge >= 0.3 is 0 Å². The Balaban J connectivity index is 1.49. The lowest BCUT2D eigenvalue weighted by Gasteiger charge is -2.38. The van der Waals surface area contributed by atoms with E-state index in [0.717, 1.165) is 25.6 Å². The fraction of sp³-hybridized carbons (Fsp3) is 0.435. The van der Waals surface area contributed by atoms with Gasteiger partial charge in [0.25, 0.3) is 5.91 Å². The Kier molecular flexibility index (Phi) is 8.60. The van der Waals surface area contributed by atoms with Gasteiger partial charge in [-0.1, -0.05) is 11.6 Å². The Morgan fingerprint density at radius 2 is 2.12 bits per heavy atom. The minimum atomic E-state index is -0.710. The highest BCUT2D eigenvalue weighted by atomic mass is 35.5. The summed E-state index contributed by atoms with van der Waals surface area (Å²) in [4.78, 5) is 15.1. The summed E-state index contributed by atoms with van der Waals surface area (Å²) in [6.07, 6.45) is 1.25. The number of ether oxygens (including phenoxy) is 3. The van der Waals surface area contributed by atoms with Crippen LogP contribution in [0.25, 0.3) is 0 Å². The topological polar surface area (TPSA) is 106 Å². The highest BCUT2D eigenvalue weighted by Crippen LogP contribution is 2.29. The molecule has 1 saturated heterocycles. The standard InChI is InChI=1S/C23H29ClFN3O5/c1-31-21-12-18(26)16(24)11-15(21)23(30)27-19-6-8-28(13-22(19)32-2)7-3-9-33-14-4-5-20(29)17(25)10-14/h4-5,10-12,19,22,29H,3,6-9,13,26H2,1-2H3,(H,27,30)/t19-,22+/m0/s1. The number of nitrogens with zero attached hydrogens (tertiary/aromatic N) is 1. The van der Waals surface area contributed by atoms with Crippen LogP contribution in [0.15, 0.2) is 30.3 Å². The number of nitrogens with two attached hydrogens (primary N) is 1. The van der Waals surface area contributed by atoms with E-state index < -0.39 is 11.6 Å². The number of carbonyl (C=O) groups excluding carboxylic acids is 1. The van der Waals surface area contributed by atoms with Crippen LogP contribution in [-0.2, 0) is 4.74 Å². The molecule has 0 aromatic heterocycles. The predicted molar refractivity (Wildman–Crippen MR) is 124 cm³/mol. The molecule has 1 fully saturated rings. The summed E-state index contributed by atoms with van der Waals surface area (Å²) < 4.78 is 29.8. The number of phenolic OH excluding ortho intramolecular Hbond substituents is 1. The minimum absolute atomic E-state index is 0.170. The number of methoxy groups -OCH3 is 2. The number of hydrogen-bond acceptors (Lipinski definition) is 7. The van der Waals surface area contributed by atoms with E-state index in [-0.39, 0.29) is 23.1 Å². The summed E-state index contributed by atoms with van der Waals surface area (Å²) in [5, 5.41) is 12.5. The Hall–Kier alpha value is -2.75. The number of benzene rings is 2. The number of amides is 1. The van der Waals surface area contributed by atoms with Crippen LogP contribution in [0.1, 0.15) is 23.2 Å². The Morgan fingerprint density at radius 1 is 1.33 bits per heavy atom. The molecule has 0 spiro atoms. The van der Waals surface area contributed by atoms with Crippen molar-refractivity contribution in [2.24, 2.45) is 0 Å². The molecule has 0 radical (unpaired) electrons. The number of rotatable bonds is 9. The van der Waals surface area contributed by atoms with Gasteiger partial charge in [-0.05, 0) is 31.0 Å². The number of nitrogen functional groups attached to an aromatic ring is 1. The van der Waals surface area contributed by atoms with Crippen molar-refractivity contribution < 1.29 is 28.5 Å². The zero-order chi connectivity index (χ0) is 24.0. The number of halogens is 2. The second kappa shape index (κ2) is 11.4. The smallest absolute Gasteiger partial charge is 0.255 e. The van der Waals surface area contributed by atoms with E-state index >= 15 is 0 Å². The second-order valence-electron chi connectivity index (χ2n) is 7.83. The van der Waals surface area contributed by atoms with Crippen LogP contribution in [0.3, 0.4) is 0 Å². The fourth-order valence-corrected chi connectivity index (χ4v) is 3.97. The molecule has 4 N–H and O–H groups in total. The second-order valence-corrected chi connectivity index (χ2v) is 8.24. The summed E-state index contributed by atoms with van der Waals surface area (Å²) >= 11 is 6.09. The molecule has 0 bridgehead atoms. The Labute approximate surface area is 197 Å². The van der Waals surface area contributed by atoms with Crippen LogP contribution in [0.2, 0.25) is 5.02 Å². The largest absolute Gasteiger partial charge is 0.505 e. The number of likely N-dealkylation sites (tertiary alicyclic amines) is 1. The highest BCUT2D eigenvalue weighted by Gasteiger charge is 2.31. The van der Waals surface area contributed by atoms with E-state index in [1.165, 1.54) is 31.4 Å². The number of aromatic hydroxyl groups is 1. The molecule has 2 aromatic carbocycles. The summed E-state index contributed by atoms with van der Waals surface area (Å²) in [7, 11) is 3.09. The van der Waals surface area contributed by atoms with Crippen molar-refractivity contribution in [3.63, 3.8) is 0 Å². The molecule has 1 heterocycles. The van der Waals surface area contributed by atoms with Crippen molar-refractivity contribution in [2.45, 2.75) is 25.0 Å². The van der Waals surface area contributed by atoms with Crippen molar-refractivity contribution in [1.82, 2.24) is 10.2 Å². The van der Waals surface area contributed by atoms with Crippen LogP contribution in [0, 0.1) is 5.82 Å². The van der Waals surface area contributed by atoms with E-state index in [1.807, 2.05) is 0 Å². The normalized spacial score (nSPS) is 18.7. The molecule has 3 rings (SSSR count). The number of nitrogens with one attached hydrogen (secondary N) is 1. The molecule has 1 amide bonds. The van der Waals surface area contributed by atoms with Crippen molar-refractivity contribution in [3.05, 3.63) is 46.7 Å². The highest BCUT2D eigenvalue weighted by molar-refractivity contribution is 6.33. The first kappa shape index (κ1) is 24.9. The summed E-state index contributed by atoms with van der Waals surface area (Å²) in [6.45, 7) is 2.60. The quantitative estimate of drug-likeness (QED) is 0.373. The monoisotopic (exact) mass is 481 g/mol. The van der Waals surface area contributed by atoms with Gasteiger partial charge in [0.15, 0.2) is 11.6 Å². The van der Waals surface area contributed by atoms with E-state index in [0.29, 0.717) is 42.3 Å². The van der Waals surface area contributed by atoms with Gasteiger partial charge in [0.2, 0.25) is 0 Å². The van der Waals surface area contributed by atoms with Crippen molar-refractivity contribution in [2.75, 3.05) is 46.2 Å². The molecule has 1 aliphatic rings. The zero-order valence-corrected chi connectivity index (χ0v) is 19.4. The van der Waals surface area contributed by atoms with Crippen molar-refractivity contribution >= 4 is 23.2 Å². The van der Waals surface area contributed by atoms with Crippen LogP contribution >= 0.6 is 11.6 Å². The maximum Gasteiger partial charge on any atom is 0.255 e. The number of anilines is 1. The van der Waals surface area contributed by atoms with Crippen LogP contribution in [0.4, 0.5) is 10.1 Å². The number of carbonyl (C=O) groups is 1. The summed E-state index contributed by atoms with van der Waals surface area (Å²) in [5.41, 5.74) is 6.46. The lowest BCUT2D eigenvalue weighted by atomic mass is 10.0. The van der Waals surface area contributed by atoms with Gasteiger partial charge in [0.1, 0.15) is 11.5 Å². The molecule has 0 unspecified atom stereocenters. The van der Waals surface area contributed by atoms with E-state index in [1.54, 1.807) is 7.11 Å². The molecule has 1 aliphatic heterocycles. The first-order valence-electron chi connectivity index (χ1n) is 10.6. The van der Waals surface area contributed by atoms with Gasteiger partial charge in [0, 0.05) is 38.9 Å². The molecule has 10 heteroatoms. The third-order valence-corrected chi connectivity index (χ3v) is 5.96. The van der Waals surface area contributed by atoms with Crippen LogP contribution < -0.4 is 20.5 Å². The lowest BCUT2D eigenvalue weighted by Crippen LogP contribution is -2.55. The summed E-state index contributed by atoms with van der Waals surface area (Å²) in [5.74, 6) is -0.683. The SMILES string of the molecule is COc1cc(N)c(Cl)cc1C(=O)N[C@H]1CCN(CCCOc2ccc(O)c(F)c2)C[C@H]1OC. The van der Waals surface area contributed by atoms with Crippen LogP contribution in [-0.4, -0.2) is 68.5 Å². The molecular formula is C23H29ClFN3O5. The maximum atomic E-state index is 13.4. The maximum absolute atomic E-state index is 13.4. The Bertz CT molecular complexity index is 977. The molecule has 2 atom stereocenters. The van der Waals surface area contributed by atoms with Gasteiger partial charge < -0.3 is 35.3 Å². The lowest BCUT2D eigenvalue weighted by molar-refractivity contribution is 0.00527. The summed E-state index contributed by atoms with van der Waals surface area (Å²) in [6, 6.07) is 6.81. The number of hydrogen-bond donors (Lipinski definition) is 3. The molecule has 33 heavy (non-hydrogen) atoms. The van der Waals surface area contributed by atoms with Crippen molar-refractivity contribution in [3.8, 4) is 17.2 Å². The Morgan fingerprint density at radius 3 is 2.82 bits per heavy atom. The third-order valence-electron chi connectivity index (χ3n) is 5.63. The zero-order valence-electron chi connectivity index (χ0n) is 18.6. The average Bonchev–Trinajstić information content (AvgIpc) is 2.81. The minimum Gasteiger partial charge on any atom is -0.505 e.